The summed E-state index contributed by atoms with van der Waals surface area (Å²) in [7, 11) is 0. The molecule has 2 nitrogen and oxygen atoms in total. The number of piperidine rings is 1. The highest BCUT2D eigenvalue weighted by Gasteiger charge is 2.17. The summed E-state index contributed by atoms with van der Waals surface area (Å²) in [6, 6.07) is 0. The normalized spacial score (nSPS) is 17.4. The minimum atomic E-state index is 0.727. The van der Waals surface area contributed by atoms with Gasteiger partial charge in [-0.15, -0.1) is 11.3 Å². The minimum Gasteiger partial charge on any atom is -0.317 e. The smallest absolute Gasteiger partial charge is 0.0960 e. The molecule has 0 atom stereocenters. The Bertz CT molecular complexity index is 252. The molecule has 0 radical (unpaired) electrons. The quantitative estimate of drug-likeness (QED) is 0.774. The maximum absolute atomic E-state index is 4.53. The van der Waals surface area contributed by atoms with Crippen molar-refractivity contribution in [1.29, 1.82) is 0 Å². The average Bonchev–Trinajstić information content (AvgIpc) is 2.69. The Morgan fingerprint density at radius 2 is 2.00 bits per heavy atom. The van der Waals surface area contributed by atoms with E-state index in [1.165, 1.54) is 23.5 Å². The third-order valence-corrected chi connectivity index (χ3v) is 3.45. The molecule has 2 rings (SSSR count). The molecule has 80 valence electrons. The molecule has 1 aromatic heterocycles. The van der Waals surface area contributed by atoms with Crippen LogP contribution in [0.15, 0.2) is 5.38 Å². The second-order valence-corrected chi connectivity index (χ2v) is 4.24. The lowest BCUT2D eigenvalue weighted by atomic mass is 9.99. The van der Waals surface area contributed by atoms with Crippen molar-refractivity contribution in [3.8, 4) is 0 Å². The molecular formula is C11H20N2S. The van der Waals surface area contributed by atoms with E-state index >= 15 is 0 Å². The van der Waals surface area contributed by atoms with Crippen molar-refractivity contribution in [3.63, 3.8) is 0 Å². The molecule has 0 spiro atoms. The highest BCUT2D eigenvalue weighted by molar-refractivity contribution is 7.09. The maximum Gasteiger partial charge on any atom is 0.0960 e. The fraction of sp³-hybridized carbons (Fsp3) is 0.727. The van der Waals surface area contributed by atoms with Crippen LogP contribution >= 0.6 is 11.3 Å². The van der Waals surface area contributed by atoms with Crippen LogP contribution in [0.4, 0.5) is 0 Å². The van der Waals surface area contributed by atoms with E-state index in [4.69, 9.17) is 0 Å². The fourth-order valence-electron chi connectivity index (χ4n) is 1.63. The summed E-state index contributed by atoms with van der Waals surface area (Å²) < 4.78 is 0. The lowest BCUT2D eigenvalue weighted by molar-refractivity contribution is 0.459. The summed E-state index contributed by atoms with van der Waals surface area (Å²) >= 11 is 1.82. The number of aromatic nitrogens is 1. The summed E-state index contributed by atoms with van der Waals surface area (Å²) in [5.41, 5.74) is 1.17. The molecule has 0 aliphatic carbocycles. The van der Waals surface area contributed by atoms with Crippen LogP contribution in [0.2, 0.25) is 0 Å². The molecule has 0 unspecified atom stereocenters. The van der Waals surface area contributed by atoms with Gasteiger partial charge in [0.05, 0.1) is 5.01 Å². The first kappa shape index (κ1) is 11.7. The van der Waals surface area contributed by atoms with Crippen LogP contribution < -0.4 is 5.32 Å². The van der Waals surface area contributed by atoms with E-state index < -0.39 is 0 Å². The predicted octanol–water partition coefficient (Wildman–Crippen LogP) is 2.94. The molecule has 0 saturated carbocycles. The fourth-order valence-corrected chi connectivity index (χ4v) is 2.60. The highest BCUT2D eigenvalue weighted by atomic mass is 32.1. The number of hydrogen-bond donors (Lipinski definition) is 1. The van der Waals surface area contributed by atoms with Crippen LogP contribution in [0.3, 0.4) is 0 Å². The van der Waals surface area contributed by atoms with Crippen molar-refractivity contribution >= 4 is 11.3 Å². The number of rotatable bonds is 1. The van der Waals surface area contributed by atoms with Gasteiger partial charge in [-0.25, -0.2) is 4.98 Å². The molecule has 2 heterocycles. The lowest BCUT2D eigenvalue weighted by Crippen LogP contribution is -2.26. The van der Waals surface area contributed by atoms with Crippen molar-refractivity contribution in [2.45, 2.75) is 39.5 Å². The van der Waals surface area contributed by atoms with Crippen LogP contribution in [0.5, 0.6) is 0 Å². The Balaban J connectivity index is 0.000000461. The maximum atomic E-state index is 4.53. The number of aryl methyl sites for hydroxylation is 1. The second-order valence-electron chi connectivity index (χ2n) is 3.35. The predicted molar refractivity (Wildman–Crippen MR) is 63.0 cm³/mol. The van der Waals surface area contributed by atoms with E-state index in [2.05, 4.69) is 22.6 Å². The van der Waals surface area contributed by atoms with Gasteiger partial charge in [0.25, 0.3) is 0 Å². The van der Waals surface area contributed by atoms with Crippen LogP contribution in [0.25, 0.3) is 0 Å². The molecule has 1 fully saturated rings. The van der Waals surface area contributed by atoms with Gasteiger partial charge in [0.2, 0.25) is 0 Å². The first-order valence-electron chi connectivity index (χ1n) is 5.49. The molecule has 1 saturated heterocycles. The van der Waals surface area contributed by atoms with E-state index in [0.717, 1.165) is 19.0 Å². The zero-order chi connectivity index (χ0) is 10.4. The van der Waals surface area contributed by atoms with Crippen LogP contribution in [-0.4, -0.2) is 18.1 Å². The SMILES string of the molecule is CC.Cc1csc(C2CCNCC2)n1. The Hall–Kier alpha value is -0.410. The molecule has 0 amide bonds. The summed E-state index contributed by atoms with van der Waals surface area (Å²) in [6.07, 6.45) is 2.51. The molecule has 1 aromatic rings. The van der Waals surface area contributed by atoms with Crippen molar-refractivity contribution in [1.82, 2.24) is 10.3 Å². The van der Waals surface area contributed by atoms with E-state index in [-0.39, 0.29) is 0 Å². The zero-order valence-corrected chi connectivity index (χ0v) is 10.2. The lowest BCUT2D eigenvalue weighted by Gasteiger charge is -2.20. The monoisotopic (exact) mass is 212 g/mol. The Labute approximate surface area is 90.8 Å². The van der Waals surface area contributed by atoms with Crippen LogP contribution in [0.1, 0.15) is 43.3 Å². The number of nitrogens with zero attached hydrogens (tertiary/aromatic N) is 1. The van der Waals surface area contributed by atoms with Gasteiger partial charge in [-0.3, -0.25) is 0 Å². The Morgan fingerprint density at radius 3 is 2.50 bits per heavy atom. The van der Waals surface area contributed by atoms with Gasteiger partial charge in [0.1, 0.15) is 0 Å². The van der Waals surface area contributed by atoms with E-state index in [0.29, 0.717) is 0 Å². The third kappa shape index (κ3) is 3.07. The number of hydrogen-bond acceptors (Lipinski definition) is 3. The molecular weight excluding hydrogens is 192 g/mol. The zero-order valence-electron chi connectivity index (χ0n) is 9.34. The third-order valence-electron chi connectivity index (χ3n) is 2.33. The first-order valence-corrected chi connectivity index (χ1v) is 6.37. The van der Waals surface area contributed by atoms with Crippen LogP contribution in [0, 0.1) is 6.92 Å². The Morgan fingerprint density at radius 1 is 1.36 bits per heavy atom. The van der Waals surface area contributed by atoms with E-state index in [9.17, 15) is 0 Å². The topological polar surface area (TPSA) is 24.9 Å². The summed E-state index contributed by atoms with van der Waals surface area (Å²) in [4.78, 5) is 4.53. The van der Waals surface area contributed by atoms with Gasteiger partial charge < -0.3 is 5.32 Å². The van der Waals surface area contributed by atoms with Crippen molar-refractivity contribution in [2.24, 2.45) is 0 Å². The van der Waals surface area contributed by atoms with Crippen LogP contribution in [-0.2, 0) is 0 Å². The van der Waals surface area contributed by atoms with Crippen molar-refractivity contribution in [2.75, 3.05) is 13.1 Å². The molecule has 3 heteroatoms. The molecule has 0 bridgehead atoms. The minimum absolute atomic E-state index is 0.727. The largest absolute Gasteiger partial charge is 0.317 e. The van der Waals surface area contributed by atoms with Gasteiger partial charge in [-0.05, 0) is 32.9 Å². The van der Waals surface area contributed by atoms with E-state index in [1.807, 2.05) is 25.2 Å². The van der Waals surface area contributed by atoms with E-state index in [1.54, 1.807) is 0 Å². The van der Waals surface area contributed by atoms with Gasteiger partial charge in [0, 0.05) is 17.0 Å². The van der Waals surface area contributed by atoms with Gasteiger partial charge in [-0.2, -0.15) is 0 Å². The Kier molecular flexibility index (Phi) is 5.12. The van der Waals surface area contributed by atoms with Gasteiger partial charge in [-0.1, -0.05) is 13.8 Å². The summed E-state index contributed by atoms with van der Waals surface area (Å²) in [5.74, 6) is 0.727. The summed E-state index contributed by atoms with van der Waals surface area (Å²) in [5, 5.41) is 6.86. The molecule has 1 aliphatic heterocycles. The number of thiazole rings is 1. The van der Waals surface area contributed by atoms with Gasteiger partial charge in [0.15, 0.2) is 0 Å². The van der Waals surface area contributed by atoms with Gasteiger partial charge >= 0.3 is 0 Å². The highest BCUT2D eigenvalue weighted by Crippen LogP contribution is 2.27. The second kappa shape index (κ2) is 6.14. The standard InChI is InChI=1S/C9H14N2S.C2H6/c1-7-6-12-9(11-7)8-2-4-10-5-3-8;1-2/h6,8,10H,2-5H2,1H3;1-2H3. The molecule has 0 aromatic carbocycles. The first-order chi connectivity index (χ1) is 6.86. The average molecular weight is 212 g/mol. The molecule has 1 aliphatic rings. The molecule has 1 N–H and O–H groups in total. The molecule has 14 heavy (non-hydrogen) atoms. The summed E-state index contributed by atoms with van der Waals surface area (Å²) in [6.45, 7) is 8.38. The number of nitrogens with one attached hydrogen (secondary N) is 1. The van der Waals surface area contributed by atoms with Crippen molar-refractivity contribution < 1.29 is 0 Å². The van der Waals surface area contributed by atoms with Crippen molar-refractivity contribution in [3.05, 3.63) is 16.1 Å².